The van der Waals surface area contributed by atoms with Gasteiger partial charge in [-0.05, 0) is 31.1 Å². The Morgan fingerprint density at radius 3 is 1.14 bits per heavy atom. The lowest BCUT2D eigenvalue weighted by Gasteiger charge is -2.05. The largest absolute Gasteiger partial charge is 0.300 e. The van der Waals surface area contributed by atoms with Crippen molar-refractivity contribution in [2.75, 3.05) is 0 Å². The first-order valence-corrected chi connectivity index (χ1v) is 6.95. The molecule has 0 saturated carbocycles. The van der Waals surface area contributed by atoms with E-state index in [1.165, 1.54) is 0 Å². The third kappa shape index (κ3) is 24.7. The maximum absolute atomic E-state index is 11.5. The maximum Gasteiger partial charge on any atom is 0.132 e. The summed E-state index contributed by atoms with van der Waals surface area (Å²) in [4.78, 5) is 23.0. The highest BCUT2D eigenvalue weighted by Gasteiger charge is 2.07. The Morgan fingerprint density at radius 1 is 0.619 bits per heavy atom. The minimum atomic E-state index is 0. The van der Waals surface area contributed by atoms with Crippen molar-refractivity contribution in [1.82, 2.24) is 0 Å². The molecule has 0 amide bonds. The molecule has 0 aromatic carbocycles. The van der Waals surface area contributed by atoms with E-state index in [-0.39, 0.29) is 29.7 Å². The smallest absolute Gasteiger partial charge is 0.132 e. The Balaban J connectivity index is -0.000000213. The molecule has 0 saturated heterocycles. The Labute approximate surface area is 136 Å². The molecule has 0 heterocycles. The first kappa shape index (κ1) is 32.3. The van der Waals surface area contributed by atoms with Crippen molar-refractivity contribution in [3.05, 3.63) is 0 Å². The summed E-state index contributed by atoms with van der Waals surface area (Å²) in [6, 6.07) is 0. The number of carbonyl (C=O) groups excluding carboxylic acids is 2. The minimum Gasteiger partial charge on any atom is -0.300 e. The summed E-state index contributed by atoms with van der Waals surface area (Å²) in [6.45, 7) is 8.51. The van der Waals surface area contributed by atoms with Gasteiger partial charge in [0.1, 0.15) is 11.6 Å². The third-order valence-corrected chi connectivity index (χ3v) is 2.91. The topological polar surface area (TPSA) is 34.1 Å². The fraction of sp³-hybridized carbons (Fsp3) is 0.895. The molecule has 2 nitrogen and oxygen atoms in total. The standard InChI is InChI=1S/C15H28O2.4CH4/c1-12(2)8-10-14(16)6-5-7-15(17)11-9-13(3)4;;;;/h12-13H,5-11H2,1-4H3;4*1H4. The quantitative estimate of drug-likeness (QED) is 0.449. The predicted octanol–water partition coefficient (Wildman–Crippen LogP) is 6.71. The molecule has 0 rings (SSSR count). The summed E-state index contributed by atoms with van der Waals surface area (Å²) >= 11 is 0. The molecular formula is C19H44O2. The SMILES string of the molecule is C.C.C.C.CC(C)CCC(=O)CCCC(=O)CCC(C)C. The van der Waals surface area contributed by atoms with Crippen molar-refractivity contribution in [2.45, 2.75) is 102 Å². The predicted molar refractivity (Wildman–Crippen MR) is 98.9 cm³/mol. The zero-order valence-corrected chi connectivity index (χ0v) is 11.9. The Bertz CT molecular complexity index is 206. The van der Waals surface area contributed by atoms with Crippen LogP contribution in [0.25, 0.3) is 0 Å². The first-order chi connectivity index (χ1) is 7.91. The number of Topliss-reactive ketones (excluding diaryl/α,β-unsaturated/α-hetero) is 2. The van der Waals surface area contributed by atoms with Crippen LogP contribution in [0.4, 0.5) is 0 Å². The van der Waals surface area contributed by atoms with Crippen molar-refractivity contribution < 1.29 is 9.59 Å². The zero-order chi connectivity index (χ0) is 13.3. The van der Waals surface area contributed by atoms with Gasteiger partial charge in [0.05, 0.1) is 0 Å². The number of hydrogen-bond acceptors (Lipinski definition) is 2. The molecule has 0 aromatic heterocycles. The van der Waals surface area contributed by atoms with Crippen LogP contribution in [0.3, 0.4) is 0 Å². The lowest BCUT2D eigenvalue weighted by molar-refractivity contribution is -0.120. The summed E-state index contributed by atoms with van der Waals surface area (Å²) in [7, 11) is 0. The van der Waals surface area contributed by atoms with E-state index in [4.69, 9.17) is 0 Å². The van der Waals surface area contributed by atoms with E-state index in [1.807, 2.05) is 0 Å². The molecule has 0 radical (unpaired) electrons. The van der Waals surface area contributed by atoms with Gasteiger partial charge >= 0.3 is 0 Å². The van der Waals surface area contributed by atoms with E-state index < -0.39 is 0 Å². The van der Waals surface area contributed by atoms with Gasteiger partial charge in [0.2, 0.25) is 0 Å². The molecule has 0 aliphatic heterocycles. The molecular weight excluding hydrogens is 260 g/mol. The van der Waals surface area contributed by atoms with E-state index >= 15 is 0 Å². The Kier molecular flexibility index (Phi) is 29.8. The van der Waals surface area contributed by atoms with Gasteiger partial charge in [-0.3, -0.25) is 9.59 Å². The zero-order valence-electron chi connectivity index (χ0n) is 11.9. The van der Waals surface area contributed by atoms with Crippen LogP contribution in [0.15, 0.2) is 0 Å². The third-order valence-electron chi connectivity index (χ3n) is 2.91. The van der Waals surface area contributed by atoms with Crippen LogP contribution in [0.5, 0.6) is 0 Å². The Morgan fingerprint density at radius 2 is 0.905 bits per heavy atom. The molecule has 0 aliphatic rings. The highest BCUT2D eigenvalue weighted by Crippen LogP contribution is 2.10. The molecule has 0 unspecified atom stereocenters. The molecule has 21 heavy (non-hydrogen) atoms. The highest BCUT2D eigenvalue weighted by atomic mass is 16.1. The van der Waals surface area contributed by atoms with Crippen molar-refractivity contribution in [3.63, 3.8) is 0 Å². The molecule has 0 atom stereocenters. The summed E-state index contributed by atoms with van der Waals surface area (Å²) in [6.07, 6.45) is 5.21. The number of ketones is 2. The normalized spacial score (nSPS) is 9.05. The lowest BCUT2D eigenvalue weighted by Crippen LogP contribution is -2.04. The fourth-order valence-corrected chi connectivity index (χ4v) is 1.63. The Hall–Kier alpha value is -0.660. The van der Waals surface area contributed by atoms with E-state index in [9.17, 15) is 9.59 Å². The average molecular weight is 305 g/mol. The van der Waals surface area contributed by atoms with Crippen molar-refractivity contribution in [1.29, 1.82) is 0 Å². The fourth-order valence-electron chi connectivity index (χ4n) is 1.63. The van der Waals surface area contributed by atoms with Crippen LogP contribution in [0.1, 0.15) is 102 Å². The number of hydrogen-bond donors (Lipinski definition) is 0. The molecule has 2 heteroatoms. The summed E-state index contributed by atoms with van der Waals surface area (Å²) < 4.78 is 0. The minimum absolute atomic E-state index is 0. The van der Waals surface area contributed by atoms with Gasteiger partial charge in [0.15, 0.2) is 0 Å². The van der Waals surface area contributed by atoms with E-state index in [2.05, 4.69) is 27.7 Å². The highest BCUT2D eigenvalue weighted by molar-refractivity contribution is 5.81. The monoisotopic (exact) mass is 304 g/mol. The molecule has 132 valence electrons. The second-order valence-corrected chi connectivity index (χ2v) is 5.80. The maximum atomic E-state index is 11.5. The second-order valence-electron chi connectivity index (χ2n) is 5.80. The van der Waals surface area contributed by atoms with Crippen molar-refractivity contribution in [2.24, 2.45) is 11.8 Å². The van der Waals surface area contributed by atoms with Crippen LogP contribution in [-0.2, 0) is 9.59 Å². The van der Waals surface area contributed by atoms with Gasteiger partial charge in [-0.25, -0.2) is 0 Å². The van der Waals surface area contributed by atoms with E-state index in [0.717, 1.165) is 19.3 Å². The second kappa shape index (κ2) is 19.3. The average Bonchev–Trinajstić information content (AvgIpc) is 2.23. The first-order valence-electron chi connectivity index (χ1n) is 6.95. The summed E-state index contributed by atoms with van der Waals surface area (Å²) in [5.41, 5.74) is 0. The van der Waals surface area contributed by atoms with Gasteiger partial charge in [0, 0.05) is 25.7 Å². The van der Waals surface area contributed by atoms with Crippen LogP contribution >= 0.6 is 0 Å². The van der Waals surface area contributed by atoms with Gasteiger partial charge in [-0.1, -0.05) is 57.4 Å². The van der Waals surface area contributed by atoms with Crippen LogP contribution < -0.4 is 0 Å². The molecule has 0 aromatic rings. The molecule has 0 N–H and O–H groups in total. The van der Waals surface area contributed by atoms with Crippen LogP contribution in [0.2, 0.25) is 0 Å². The van der Waals surface area contributed by atoms with Gasteiger partial charge in [-0.2, -0.15) is 0 Å². The van der Waals surface area contributed by atoms with Crippen LogP contribution in [-0.4, -0.2) is 11.6 Å². The van der Waals surface area contributed by atoms with Crippen LogP contribution in [0, 0.1) is 11.8 Å². The summed E-state index contributed by atoms with van der Waals surface area (Å²) in [5.74, 6) is 1.81. The van der Waals surface area contributed by atoms with Gasteiger partial charge < -0.3 is 0 Å². The van der Waals surface area contributed by atoms with Gasteiger partial charge in [-0.15, -0.1) is 0 Å². The molecule has 0 aliphatic carbocycles. The van der Waals surface area contributed by atoms with E-state index in [0.29, 0.717) is 49.1 Å². The molecule has 0 spiro atoms. The lowest BCUT2D eigenvalue weighted by atomic mass is 10.00. The van der Waals surface area contributed by atoms with E-state index in [1.54, 1.807) is 0 Å². The van der Waals surface area contributed by atoms with Gasteiger partial charge in [0.25, 0.3) is 0 Å². The number of carbonyl (C=O) groups is 2. The molecule has 0 bridgehead atoms. The number of rotatable bonds is 10. The van der Waals surface area contributed by atoms with Crippen molar-refractivity contribution >= 4 is 11.6 Å². The van der Waals surface area contributed by atoms with Crippen molar-refractivity contribution in [3.8, 4) is 0 Å². The molecule has 0 fully saturated rings. The summed E-state index contributed by atoms with van der Waals surface area (Å²) in [5, 5.41) is 0.